The molecule has 0 amide bonds. The van der Waals surface area contributed by atoms with Crippen molar-refractivity contribution < 1.29 is 57.2 Å². The van der Waals surface area contributed by atoms with Gasteiger partial charge in [0, 0.05) is 18.7 Å². The number of H-pyrrole nitrogens is 1. The van der Waals surface area contributed by atoms with Gasteiger partial charge in [-0.1, -0.05) is 0 Å². The number of phosphoric acid groups is 1. The number of hydrogen-bond donors (Lipinski definition) is 6. The Labute approximate surface area is 250 Å². The second-order valence-electron chi connectivity index (χ2n) is 9.43. The molecular formula is C20H27N7O14P2S. The van der Waals surface area contributed by atoms with Crippen LogP contribution in [0.25, 0.3) is 11.2 Å². The van der Waals surface area contributed by atoms with Gasteiger partial charge in [-0.05, 0) is 11.8 Å². The first-order chi connectivity index (χ1) is 20.8. The van der Waals surface area contributed by atoms with E-state index in [0.29, 0.717) is 0 Å². The maximum atomic E-state index is 13.7. The lowest BCUT2D eigenvalue weighted by atomic mass is 10.1. The molecule has 0 spiro atoms. The fourth-order valence-electron chi connectivity index (χ4n) is 4.58. The lowest BCUT2D eigenvalue weighted by Gasteiger charge is -2.26. The number of hydrogen-bond acceptors (Lipinski definition) is 17. The zero-order valence-corrected chi connectivity index (χ0v) is 25.1. The number of aliphatic hydroxyl groups is 2. The maximum Gasteiger partial charge on any atom is 0.502 e. The number of aliphatic hydroxyl groups excluding tert-OH is 2. The third-order valence-electron chi connectivity index (χ3n) is 6.56. The Kier molecular flexibility index (Phi) is 9.75. The van der Waals surface area contributed by atoms with E-state index >= 15 is 0 Å². The smallest absolute Gasteiger partial charge is 0.390 e. The number of rotatable bonds is 12. The normalized spacial score (nSPS) is 28.9. The lowest BCUT2D eigenvalue weighted by Crippen LogP contribution is -2.36. The van der Waals surface area contributed by atoms with Crippen molar-refractivity contribution in [2.45, 2.75) is 49.4 Å². The maximum absolute atomic E-state index is 13.7. The Hall–Kier alpha value is -2.53. The van der Waals surface area contributed by atoms with Crippen LogP contribution < -0.4 is 17.0 Å². The van der Waals surface area contributed by atoms with Gasteiger partial charge in [0.1, 0.15) is 42.5 Å². The molecule has 0 radical (unpaired) electrons. The molecule has 1 unspecified atom stereocenters. The van der Waals surface area contributed by atoms with Crippen LogP contribution in [0.3, 0.4) is 0 Å². The number of anilines is 1. The third kappa shape index (κ3) is 7.14. The van der Waals surface area contributed by atoms with Crippen molar-refractivity contribution in [3.8, 4) is 0 Å². The molecule has 24 heteroatoms. The van der Waals surface area contributed by atoms with Crippen molar-refractivity contribution in [1.82, 2.24) is 29.1 Å². The van der Waals surface area contributed by atoms with Crippen LogP contribution >= 0.6 is 14.5 Å². The zero-order chi connectivity index (χ0) is 31.8. The number of fused-ring (bicyclic) bond motifs is 1. The SMILES string of the molecule is COOP(=O)(OC[C@H]1O[C@@H](n2ccc(=O)[nH]c2=O)C[C@@H]1O)O[C@@H]1[C@H](O)[C@@H](COP(O)(O)=S)O[C@H]1n1cnc2c(N)ncnc21. The van der Waals surface area contributed by atoms with E-state index in [-0.39, 0.29) is 23.4 Å². The number of phosphoric ester groups is 1. The third-order valence-corrected chi connectivity index (χ3v) is 8.66. The Morgan fingerprint density at radius 2 is 1.89 bits per heavy atom. The van der Waals surface area contributed by atoms with E-state index in [1.807, 2.05) is 0 Å². The number of aromatic nitrogens is 6. The topological polar surface area (TPSA) is 287 Å². The summed E-state index contributed by atoms with van der Waals surface area (Å²) in [4.78, 5) is 61.3. The predicted octanol–water partition coefficient (Wildman–Crippen LogP) is -1.82. The molecule has 242 valence electrons. The van der Waals surface area contributed by atoms with E-state index in [0.717, 1.165) is 24.1 Å². The summed E-state index contributed by atoms with van der Waals surface area (Å²) < 4.78 is 48.2. The first-order valence-corrected chi connectivity index (χ1v) is 16.6. The fraction of sp³-hybridized carbons (Fsp3) is 0.550. The van der Waals surface area contributed by atoms with Crippen LogP contribution in [0, 0.1) is 0 Å². The van der Waals surface area contributed by atoms with Gasteiger partial charge in [-0.3, -0.25) is 28.0 Å². The van der Waals surface area contributed by atoms with Crippen LogP contribution in [-0.4, -0.2) is 99.9 Å². The van der Waals surface area contributed by atoms with Crippen molar-refractivity contribution in [3.05, 3.63) is 45.8 Å². The summed E-state index contributed by atoms with van der Waals surface area (Å²) in [5.41, 5.74) is 4.77. The molecule has 44 heavy (non-hydrogen) atoms. The number of aromatic amines is 1. The summed E-state index contributed by atoms with van der Waals surface area (Å²) in [5.74, 6) is 0.0279. The van der Waals surface area contributed by atoms with Crippen molar-refractivity contribution in [2.75, 3.05) is 26.1 Å². The highest BCUT2D eigenvalue weighted by atomic mass is 32.5. The van der Waals surface area contributed by atoms with Crippen molar-refractivity contribution >= 4 is 43.3 Å². The molecule has 0 bridgehead atoms. The van der Waals surface area contributed by atoms with Crippen LogP contribution in [0.2, 0.25) is 0 Å². The summed E-state index contributed by atoms with van der Waals surface area (Å²) in [5, 5.41) is 21.6. The van der Waals surface area contributed by atoms with Crippen LogP contribution in [-0.2, 0) is 49.0 Å². The summed E-state index contributed by atoms with van der Waals surface area (Å²) in [6.07, 6.45) is -5.86. The van der Waals surface area contributed by atoms with Gasteiger partial charge in [-0.15, -0.1) is 4.67 Å². The van der Waals surface area contributed by atoms with Gasteiger partial charge >= 0.3 is 20.2 Å². The molecule has 2 aliphatic heterocycles. The van der Waals surface area contributed by atoms with Crippen LogP contribution in [0.1, 0.15) is 18.9 Å². The van der Waals surface area contributed by atoms with E-state index in [1.54, 1.807) is 0 Å². The van der Waals surface area contributed by atoms with Crippen LogP contribution in [0.15, 0.2) is 34.5 Å². The van der Waals surface area contributed by atoms with Crippen molar-refractivity contribution in [1.29, 1.82) is 0 Å². The van der Waals surface area contributed by atoms with Crippen LogP contribution in [0.5, 0.6) is 0 Å². The molecule has 7 N–H and O–H groups in total. The largest absolute Gasteiger partial charge is 0.502 e. The lowest BCUT2D eigenvalue weighted by molar-refractivity contribution is -0.209. The highest BCUT2D eigenvalue weighted by molar-refractivity contribution is 8.06. The molecular weight excluding hydrogens is 656 g/mol. The average Bonchev–Trinajstić information content (AvgIpc) is 3.62. The molecule has 3 aromatic rings. The summed E-state index contributed by atoms with van der Waals surface area (Å²) >= 11 is 4.46. The van der Waals surface area contributed by atoms with Gasteiger partial charge in [0.2, 0.25) is 0 Å². The van der Waals surface area contributed by atoms with Gasteiger partial charge in [0.05, 0.1) is 32.8 Å². The minimum Gasteiger partial charge on any atom is -0.390 e. The number of imidazole rings is 1. The minimum atomic E-state index is -4.79. The van der Waals surface area contributed by atoms with Crippen LogP contribution in [0.4, 0.5) is 5.82 Å². The number of ether oxygens (including phenoxy) is 2. The highest BCUT2D eigenvalue weighted by Crippen LogP contribution is 2.54. The Bertz CT molecular complexity index is 1700. The number of nitrogen functional groups attached to an aromatic ring is 1. The summed E-state index contributed by atoms with van der Waals surface area (Å²) in [7, 11) is -3.79. The standard InChI is InChI=1S/C20H27N7O14P2S/c1-35-41-43(34,37-5-10-9(28)4-13(38-10)26-3-2-12(29)25-20(26)31)40-16-15(30)11(6-36-42(32,33)44)39-19(16)27-8-24-14-17(21)22-7-23-18(14)27/h2-3,7-11,13,15-16,19,28,30H,4-6H2,1H3,(H2,21,22,23)(H,25,29,31)(H2,32,33,44)/t9-,10+,11+,13+,15+,16+,19+,43?/m0/s1. The molecule has 0 aromatic carbocycles. The predicted molar refractivity (Wildman–Crippen MR) is 147 cm³/mol. The van der Waals surface area contributed by atoms with Crippen molar-refractivity contribution in [2.24, 2.45) is 0 Å². The minimum absolute atomic E-state index is 0.0279. The average molecular weight is 683 g/mol. The Morgan fingerprint density at radius 3 is 2.59 bits per heavy atom. The second-order valence-corrected chi connectivity index (χ2v) is 13.6. The molecule has 2 saturated heterocycles. The Balaban J connectivity index is 1.37. The Morgan fingerprint density at radius 1 is 1.14 bits per heavy atom. The van der Waals surface area contributed by atoms with E-state index < -0.39 is 82.0 Å². The van der Waals surface area contributed by atoms with Gasteiger partial charge in [-0.25, -0.2) is 29.2 Å². The molecule has 21 nitrogen and oxygen atoms in total. The van der Waals surface area contributed by atoms with Gasteiger partial charge in [-0.2, -0.15) is 0 Å². The monoisotopic (exact) mass is 683 g/mol. The van der Waals surface area contributed by atoms with E-state index in [4.69, 9.17) is 33.5 Å². The molecule has 8 atom stereocenters. The van der Waals surface area contributed by atoms with E-state index in [9.17, 15) is 34.2 Å². The van der Waals surface area contributed by atoms with Gasteiger partial charge < -0.3 is 39.7 Å². The fourth-order valence-corrected chi connectivity index (χ4v) is 6.29. The molecule has 0 aliphatic carbocycles. The second kappa shape index (κ2) is 13.1. The molecule has 2 fully saturated rings. The van der Waals surface area contributed by atoms with Gasteiger partial charge in [0.25, 0.3) is 5.56 Å². The molecule has 5 rings (SSSR count). The zero-order valence-electron chi connectivity index (χ0n) is 22.5. The number of nitrogens with zero attached hydrogens (tertiary/aromatic N) is 5. The first kappa shape index (κ1) is 32.9. The number of nitrogens with two attached hydrogens (primary N) is 1. The summed E-state index contributed by atoms with van der Waals surface area (Å²) in [6, 6.07) is 1.10. The highest BCUT2D eigenvalue weighted by Gasteiger charge is 2.51. The quantitative estimate of drug-likeness (QED) is 0.0696. The molecule has 0 saturated carbocycles. The van der Waals surface area contributed by atoms with E-state index in [2.05, 4.69) is 36.6 Å². The van der Waals surface area contributed by atoms with Crippen molar-refractivity contribution in [3.63, 3.8) is 0 Å². The van der Waals surface area contributed by atoms with Gasteiger partial charge in [0.15, 0.2) is 17.7 Å². The molecule has 2 aliphatic rings. The molecule has 3 aromatic heterocycles. The first-order valence-electron chi connectivity index (χ1n) is 12.6. The van der Waals surface area contributed by atoms with E-state index in [1.165, 1.54) is 17.1 Å². The molecule has 5 heterocycles. The number of nitrogens with one attached hydrogen (secondary N) is 1. The summed E-state index contributed by atoms with van der Waals surface area (Å²) in [6.45, 7) is -5.39.